The molecule has 5 nitrogen and oxygen atoms in total. The Morgan fingerprint density at radius 1 is 1.29 bits per heavy atom. The van der Waals surface area contributed by atoms with Crippen LogP contribution in [0.15, 0.2) is 0 Å². The summed E-state index contributed by atoms with van der Waals surface area (Å²) in [5, 5.41) is 0. The molecule has 0 amide bonds. The predicted molar refractivity (Wildman–Crippen MR) is 82.3 cm³/mol. The number of carbonyl (C=O) groups excluding carboxylic acids is 1. The number of rotatable bonds is 7. The third-order valence-corrected chi connectivity index (χ3v) is 4.43. The molecule has 1 aliphatic carbocycles. The van der Waals surface area contributed by atoms with Gasteiger partial charge in [-0.3, -0.25) is 14.6 Å². The van der Waals surface area contributed by atoms with Crippen LogP contribution in [0.4, 0.5) is 0 Å². The van der Waals surface area contributed by atoms with E-state index in [2.05, 4.69) is 23.6 Å². The zero-order chi connectivity index (χ0) is 15.2. The van der Waals surface area contributed by atoms with Crippen LogP contribution in [-0.2, 0) is 14.3 Å². The molecule has 0 radical (unpaired) electrons. The summed E-state index contributed by atoms with van der Waals surface area (Å²) in [4.78, 5) is 16.5. The van der Waals surface area contributed by atoms with Crippen molar-refractivity contribution in [2.45, 2.75) is 58.3 Å². The van der Waals surface area contributed by atoms with E-state index in [1.807, 2.05) is 6.92 Å². The van der Waals surface area contributed by atoms with Gasteiger partial charge in [-0.05, 0) is 33.6 Å². The third-order valence-electron chi connectivity index (χ3n) is 4.43. The molecule has 0 spiro atoms. The number of morpholine rings is 1. The maximum absolute atomic E-state index is 11.8. The SMILES string of the molecule is CCOC(=O)CN(CCN1CC(C)OC(C)C1)C1CCC1. The molecule has 2 aliphatic rings. The van der Waals surface area contributed by atoms with Gasteiger partial charge in [-0.2, -0.15) is 0 Å². The van der Waals surface area contributed by atoms with Gasteiger partial charge in [0.05, 0.1) is 25.4 Å². The summed E-state index contributed by atoms with van der Waals surface area (Å²) in [6, 6.07) is 0.574. The van der Waals surface area contributed by atoms with Crippen LogP contribution in [0.25, 0.3) is 0 Å². The Hall–Kier alpha value is -0.650. The van der Waals surface area contributed by atoms with E-state index < -0.39 is 0 Å². The molecule has 2 fully saturated rings. The molecule has 2 rings (SSSR count). The minimum absolute atomic E-state index is 0.0897. The van der Waals surface area contributed by atoms with Gasteiger partial charge in [0.1, 0.15) is 0 Å². The molecule has 0 aromatic carbocycles. The molecule has 1 heterocycles. The number of esters is 1. The van der Waals surface area contributed by atoms with Gasteiger partial charge < -0.3 is 9.47 Å². The van der Waals surface area contributed by atoms with Crippen LogP contribution in [0.2, 0.25) is 0 Å². The second-order valence-corrected chi connectivity index (χ2v) is 6.38. The average Bonchev–Trinajstić information content (AvgIpc) is 2.33. The van der Waals surface area contributed by atoms with E-state index in [1.54, 1.807) is 0 Å². The van der Waals surface area contributed by atoms with Crippen molar-refractivity contribution >= 4 is 5.97 Å². The molecule has 0 bridgehead atoms. The zero-order valence-electron chi connectivity index (χ0n) is 13.7. The maximum Gasteiger partial charge on any atom is 0.320 e. The fourth-order valence-corrected chi connectivity index (χ4v) is 3.25. The standard InChI is InChI=1S/C16H30N2O3/c1-4-20-16(19)12-18(15-6-5-7-15)9-8-17-10-13(2)21-14(3)11-17/h13-15H,4-12H2,1-3H3. The fraction of sp³-hybridized carbons (Fsp3) is 0.938. The van der Waals surface area contributed by atoms with Crippen LogP contribution in [0.5, 0.6) is 0 Å². The predicted octanol–water partition coefficient (Wildman–Crippen LogP) is 1.51. The first-order valence-corrected chi connectivity index (χ1v) is 8.36. The molecule has 5 heteroatoms. The van der Waals surface area contributed by atoms with Crippen molar-refractivity contribution in [3.05, 3.63) is 0 Å². The summed E-state index contributed by atoms with van der Waals surface area (Å²) in [6.07, 6.45) is 4.33. The molecule has 2 atom stereocenters. The monoisotopic (exact) mass is 298 g/mol. The van der Waals surface area contributed by atoms with Crippen LogP contribution >= 0.6 is 0 Å². The molecule has 21 heavy (non-hydrogen) atoms. The molecule has 0 aromatic heterocycles. The van der Waals surface area contributed by atoms with Crippen LogP contribution in [0.3, 0.4) is 0 Å². The van der Waals surface area contributed by atoms with Crippen molar-refractivity contribution in [1.29, 1.82) is 0 Å². The normalized spacial score (nSPS) is 27.6. The van der Waals surface area contributed by atoms with Gasteiger partial charge in [-0.1, -0.05) is 6.42 Å². The average molecular weight is 298 g/mol. The van der Waals surface area contributed by atoms with Crippen LogP contribution in [0, 0.1) is 0 Å². The van der Waals surface area contributed by atoms with E-state index in [9.17, 15) is 4.79 Å². The molecule has 1 aliphatic heterocycles. The molecule has 2 unspecified atom stereocenters. The van der Waals surface area contributed by atoms with Crippen molar-refractivity contribution in [2.24, 2.45) is 0 Å². The third kappa shape index (κ3) is 5.24. The van der Waals surface area contributed by atoms with E-state index in [0.29, 0.717) is 31.4 Å². The van der Waals surface area contributed by atoms with Crippen molar-refractivity contribution in [1.82, 2.24) is 9.80 Å². The van der Waals surface area contributed by atoms with Crippen LogP contribution in [-0.4, -0.2) is 73.3 Å². The van der Waals surface area contributed by atoms with Gasteiger partial charge in [0.2, 0.25) is 0 Å². The zero-order valence-corrected chi connectivity index (χ0v) is 13.7. The molecule has 1 saturated carbocycles. The van der Waals surface area contributed by atoms with Gasteiger partial charge >= 0.3 is 5.97 Å². The first kappa shape index (κ1) is 16.7. The lowest BCUT2D eigenvalue weighted by atomic mass is 9.91. The highest BCUT2D eigenvalue weighted by Gasteiger charge is 2.28. The van der Waals surface area contributed by atoms with Crippen LogP contribution < -0.4 is 0 Å². The molecule has 1 saturated heterocycles. The first-order chi connectivity index (χ1) is 10.1. The molecular weight excluding hydrogens is 268 g/mol. The minimum Gasteiger partial charge on any atom is -0.465 e. The minimum atomic E-state index is -0.0897. The lowest BCUT2D eigenvalue weighted by Gasteiger charge is -2.40. The maximum atomic E-state index is 11.8. The van der Waals surface area contributed by atoms with E-state index in [4.69, 9.17) is 9.47 Å². The lowest BCUT2D eigenvalue weighted by Crippen LogP contribution is -2.51. The number of carbonyl (C=O) groups is 1. The summed E-state index contributed by atoms with van der Waals surface area (Å²) in [6.45, 7) is 11.0. The summed E-state index contributed by atoms with van der Waals surface area (Å²) < 4.78 is 10.9. The van der Waals surface area contributed by atoms with Crippen molar-refractivity contribution in [3.8, 4) is 0 Å². The van der Waals surface area contributed by atoms with Gasteiger partial charge in [-0.25, -0.2) is 0 Å². The fourth-order valence-electron chi connectivity index (χ4n) is 3.25. The van der Waals surface area contributed by atoms with Crippen molar-refractivity contribution in [2.75, 3.05) is 39.3 Å². The second-order valence-electron chi connectivity index (χ2n) is 6.38. The second kappa shape index (κ2) is 8.11. The molecule has 122 valence electrons. The highest BCUT2D eigenvalue weighted by atomic mass is 16.5. The van der Waals surface area contributed by atoms with E-state index in [1.165, 1.54) is 19.3 Å². The van der Waals surface area contributed by atoms with Crippen molar-refractivity contribution < 1.29 is 14.3 Å². The highest BCUT2D eigenvalue weighted by molar-refractivity contribution is 5.71. The summed E-state index contributed by atoms with van der Waals surface area (Å²) in [5.74, 6) is -0.0897. The smallest absolute Gasteiger partial charge is 0.320 e. The van der Waals surface area contributed by atoms with Gasteiger partial charge in [0, 0.05) is 32.2 Å². The number of hydrogen-bond acceptors (Lipinski definition) is 5. The number of nitrogens with zero attached hydrogens (tertiary/aromatic N) is 2. The van der Waals surface area contributed by atoms with Gasteiger partial charge in [-0.15, -0.1) is 0 Å². The summed E-state index contributed by atoms with van der Waals surface area (Å²) in [5.41, 5.74) is 0. The lowest BCUT2D eigenvalue weighted by molar-refractivity contribution is -0.145. The van der Waals surface area contributed by atoms with E-state index >= 15 is 0 Å². The Kier molecular flexibility index (Phi) is 6.45. The van der Waals surface area contributed by atoms with Crippen LogP contribution in [0.1, 0.15) is 40.0 Å². The number of ether oxygens (including phenoxy) is 2. The Morgan fingerprint density at radius 3 is 2.48 bits per heavy atom. The Morgan fingerprint density at radius 2 is 1.95 bits per heavy atom. The Labute approximate surface area is 128 Å². The highest BCUT2D eigenvalue weighted by Crippen LogP contribution is 2.24. The van der Waals surface area contributed by atoms with Gasteiger partial charge in [0.15, 0.2) is 0 Å². The summed E-state index contributed by atoms with van der Waals surface area (Å²) >= 11 is 0. The Balaban J connectivity index is 1.79. The number of hydrogen-bond donors (Lipinski definition) is 0. The molecular formula is C16H30N2O3. The topological polar surface area (TPSA) is 42.0 Å². The largest absolute Gasteiger partial charge is 0.465 e. The quantitative estimate of drug-likeness (QED) is 0.667. The Bertz CT molecular complexity index is 323. The van der Waals surface area contributed by atoms with Crippen molar-refractivity contribution in [3.63, 3.8) is 0 Å². The van der Waals surface area contributed by atoms with Gasteiger partial charge in [0.25, 0.3) is 0 Å². The first-order valence-electron chi connectivity index (χ1n) is 8.36. The van der Waals surface area contributed by atoms with E-state index in [-0.39, 0.29) is 5.97 Å². The molecule has 0 N–H and O–H groups in total. The van der Waals surface area contributed by atoms with E-state index in [0.717, 1.165) is 26.2 Å². The molecule has 0 aromatic rings. The summed E-state index contributed by atoms with van der Waals surface area (Å²) in [7, 11) is 0.